The van der Waals surface area contributed by atoms with Gasteiger partial charge >= 0.3 is 5.97 Å². The molecule has 18 heavy (non-hydrogen) atoms. The smallest absolute Gasteiger partial charge is 0.337 e. The predicted octanol–water partition coefficient (Wildman–Crippen LogP) is 2.39. The van der Waals surface area contributed by atoms with E-state index in [0.29, 0.717) is 0 Å². The maximum absolute atomic E-state index is 12.9. The van der Waals surface area contributed by atoms with Gasteiger partial charge in [-0.05, 0) is 26.0 Å². The van der Waals surface area contributed by atoms with E-state index >= 15 is 0 Å². The van der Waals surface area contributed by atoms with Crippen LogP contribution in [0.25, 0.3) is 0 Å². The molecule has 0 heterocycles. The van der Waals surface area contributed by atoms with Crippen LogP contribution in [0.5, 0.6) is 0 Å². The highest BCUT2D eigenvalue weighted by Crippen LogP contribution is 2.28. The number of carboxylic acids is 1. The molecule has 0 amide bonds. The van der Waals surface area contributed by atoms with E-state index in [1.54, 1.807) is 0 Å². The Bertz CT molecular complexity index is 436. The molecule has 0 aliphatic carbocycles. The van der Waals surface area contributed by atoms with Crippen LogP contribution < -0.4 is 0 Å². The zero-order valence-electron chi connectivity index (χ0n) is 9.93. The van der Waals surface area contributed by atoms with Crippen LogP contribution >= 0.6 is 11.6 Å². The second-order valence-corrected chi connectivity index (χ2v) is 4.37. The maximum Gasteiger partial charge on any atom is 0.337 e. The summed E-state index contributed by atoms with van der Waals surface area (Å²) < 4.78 is 18.1. The van der Waals surface area contributed by atoms with E-state index in [-0.39, 0.29) is 10.6 Å². The minimum Gasteiger partial charge on any atom is -0.479 e. The molecule has 4 nitrogen and oxygen atoms in total. The van der Waals surface area contributed by atoms with Crippen molar-refractivity contribution in [3.05, 3.63) is 34.6 Å². The van der Waals surface area contributed by atoms with Crippen molar-refractivity contribution in [2.75, 3.05) is 0 Å². The van der Waals surface area contributed by atoms with Crippen LogP contribution in [-0.4, -0.2) is 28.4 Å². The quantitative estimate of drug-likeness (QED) is 0.866. The van der Waals surface area contributed by atoms with E-state index in [2.05, 4.69) is 0 Å². The number of ether oxygens (including phenoxy) is 1. The van der Waals surface area contributed by atoms with Crippen LogP contribution in [-0.2, 0) is 9.53 Å². The van der Waals surface area contributed by atoms with Gasteiger partial charge in [-0.25, -0.2) is 9.18 Å². The zero-order chi connectivity index (χ0) is 13.9. The lowest BCUT2D eigenvalue weighted by molar-refractivity contribution is -0.158. The monoisotopic (exact) mass is 276 g/mol. The molecule has 6 heteroatoms. The van der Waals surface area contributed by atoms with Gasteiger partial charge in [0.1, 0.15) is 5.82 Å². The number of benzene rings is 1. The summed E-state index contributed by atoms with van der Waals surface area (Å²) in [6.07, 6.45) is -2.86. The van der Waals surface area contributed by atoms with Crippen LogP contribution in [0.3, 0.4) is 0 Å². The molecular formula is C12H14ClFO4. The number of aliphatic hydroxyl groups excluding tert-OH is 1. The molecule has 0 aliphatic rings. The summed E-state index contributed by atoms with van der Waals surface area (Å²) in [5.74, 6) is -1.81. The van der Waals surface area contributed by atoms with Gasteiger partial charge in [-0.2, -0.15) is 0 Å². The fourth-order valence-corrected chi connectivity index (χ4v) is 1.57. The molecule has 0 spiro atoms. The third kappa shape index (κ3) is 3.66. The third-order valence-corrected chi connectivity index (χ3v) is 2.83. The van der Waals surface area contributed by atoms with E-state index in [0.717, 1.165) is 12.1 Å². The van der Waals surface area contributed by atoms with Gasteiger partial charge in [0.2, 0.25) is 0 Å². The van der Waals surface area contributed by atoms with E-state index in [1.807, 2.05) is 0 Å². The second kappa shape index (κ2) is 6.13. The number of aliphatic hydroxyl groups is 1. The molecule has 0 saturated carbocycles. The van der Waals surface area contributed by atoms with Crippen molar-refractivity contribution in [3.8, 4) is 0 Å². The van der Waals surface area contributed by atoms with Gasteiger partial charge in [-0.1, -0.05) is 17.7 Å². The lowest BCUT2D eigenvalue weighted by atomic mass is 10.1. The summed E-state index contributed by atoms with van der Waals surface area (Å²) in [6, 6.07) is 3.38. The van der Waals surface area contributed by atoms with Gasteiger partial charge in [0.25, 0.3) is 0 Å². The van der Waals surface area contributed by atoms with Gasteiger partial charge in [-0.3, -0.25) is 0 Å². The number of carbonyl (C=O) groups is 1. The average molecular weight is 277 g/mol. The van der Waals surface area contributed by atoms with Crippen molar-refractivity contribution in [2.45, 2.75) is 32.2 Å². The molecule has 0 aromatic heterocycles. The van der Waals surface area contributed by atoms with Crippen LogP contribution in [0, 0.1) is 5.82 Å². The molecule has 0 saturated heterocycles. The minimum atomic E-state index is -1.34. The molecule has 1 rings (SSSR count). The van der Waals surface area contributed by atoms with Crippen molar-refractivity contribution >= 4 is 17.6 Å². The first-order chi connectivity index (χ1) is 8.32. The summed E-state index contributed by atoms with van der Waals surface area (Å²) in [6.45, 7) is 3.02. The number of carboxylic acid groups (broad SMARTS) is 1. The predicted molar refractivity (Wildman–Crippen MR) is 64.0 cm³/mol. The fourth-order valence-electron chi connectivity index (χ4n) is 1.31. The van der Waals surface area contributed by atoms with Gasteiger partial charge < -0.3 is 14.9 Å². The van der Waals surface area contributed by atoms with Crippen molar-refractivity contribution in [2.24, 2.45) is 0 Å². The molecule has 0 fully saturated rings. The largest absolute Gasteiger partial charge is 0.479 e. The van der Waals surface area contributed by atoms with Gasteiger partial charge in [0.05, 0.1) is 12.2 Å². The van der Waals surface area contributed by atoms with Crippen LogP contribution in [0.1, 0.15) is 25.5 Å². The summed E-state index contributed by atoms with van der Waals surface area (Å²) in [5.41, 5.74) is 0.151. The fraction of sp³-hybridized carbons (Fsp3) is 0.417. The van der Waals surface area contributed by atoms with Crippen molar-refractivity contribution < 1.29 is 24.1 Å². The van der Waals surface area contributed by atoms with Crippen molar-refractivity contribution in [1.29, 1.82) is 0 Å². The first-order valence-electron chi connectivity index (χ1n) is 5.34. The highest BCUT2D eigenvalue weighted by Gasteiger charge is 2.27. The Morgan fingerprint density at radius 1 is 1.44 bits per heavy atom. The summed E-state index contributed by atoms with van der Waals surface area (Å²) in [7, 11) is 0. The minimum absolute atomic E-state index is 0.0276. The molecule has 3 unspecified atom stereocenters. The zero-order valence-corrected chi connectivity index (χ0v) is 10.7. The Morgan fingerprint density at radius 3 is 2.50 bits per heavy atom. The molecule has 0 bridgehead atoms. The number of aliphatic carboxylic acids is 1. The van der Waals surface area contributed by atoms with E-state index < -0.39 is 30.1 Å². The number of halogens is 2. The van der Waals surface area contributed by atoms with Gasteiger partial charge in [-0.15, -0.1) is 0 Å². The lowest BCUT2D eigenvalue weighted by Crippen LogP contribution is -2.28. The molecule has 1 aromatic rings. The summed E-state index contributed by atoms with van der Waals surface area (Å²) in [4.78, 5) is 11.1. The summed E-state index contributed by atoms with van der Waals surface area (Å²) >= 11 is 5.79. The average Bonchev–Trinajstić information content (AvgIpc) is 2.26. The molecular weight excluding hydrogens is 263 g/mol. The van der Waals surface area contributed by atoms with E-state index in [9.17, 15) is 14.3 Å². The first kappa shape index (κ1) is 14.9. The second-order valence-electron chi connectivity index (χ2n) is 3.97. The Balaban J connectivity index is 3.01. The van der Waals surface area contributed by atoms with E-state index in [4.69, 9.17) is 21.4 Å². The molecule has 0 radical (unpaired) electrons. The molecule has 2 N–H and O–H groups in total. The molecule has 3 atom stereocenters. The normalized spacial score (nSPS) is 16.1. The Kier molecular flexibility index (Phi) is 5.07. The first-order valence-corrected chi connectivity index (χ1v) is 5.72. The number of hydrogen-bond acceptors (Lipinski definition) is 3. The van der Waals surface area contributed by atoms with Gasteiger partial charge in [0, 0.05) is 10.6 Å². The third-order valence-electron chi connectivity index (χ3n) is 2.50. The van der Waals surface area contributed by atoms with Crippen LogP contribution in [0.4, 0.5) is 4.39 Å². The molecule has 1 aromatic carbocycles. The Morgan fingerprint density at radius 2 is 2.06 bits per heavy atom. The van der Waals surface area contributed by atoms with Crippen molar-refractivity contribution in [3.63, 3.8) is 0 Å². The standard InChI is InChI=1S/C12H14ClFO4/c1-6(15)7(2)18-11(12(16)17)9-4-3-8(14)5-10(9)13/h3-7,11,15H,1-2H3,(H,16,17). The van der Waals surface area contributed by atoms with Crippen LogP contribution in [0.2, 0.25) is 5.02 Å². The van der Waals surface area contributed by atoms with Crippen molar-refractivity contribution in [1.82, 2.24) is 0 Å². The number of rotatable bonds is 5. The summed E-state index contributed by atoms with van der Waals surface area (Å²) in [5, 5.41) is 18.4. The molecule has 0 aliphatic heterocycles. The Labute approximate surface area is 109 Å². The molecule has 100 valence electrons. The highest BCUT2D eigenvalue weighted by molar-refractivity contribution is 6.31. The topological polar surface area (TPSA) is 66.8 Å². The van der Waals surface area contributed by atoms with E-state index in [1.165, 1.54) is 19.9 Å². The van der Waals surface area contributed by atoms with Crippen LogP contribution in [0.15, 0.2) is 18.2 Å². The SMILES string of the molecule is CC(O)C(C)OC(C(=O)O)c1ccc(F)cc1Cl. The number of hydrogen-bond donors (Lipinski definition) is 2. The lowest BCUT2D eigenvalue weighted by Gasteiger charge is -2.22. The van der Waals surface area contributed by atoms with Gasteiger partial charge in [0.15, 0.2) is 6.10 Å². The highest BCUT2D eigenvalue weighted by atomic mass is 35.5. The maximum atomic E-state index is 12.9. The Hall–Kier alpha value is -1.17.